The van der Waals surface area contributed by atoms with Gasteiger partial charge in [0.1, 0.15) is 11.6 Å². The minimum atomic E-state index is -3.64. The highest BCUT2D eigenvalue weighted by Gasteiger charge is 2.13. The van der Waals surface area contributed by atoms with Gasteiger partial charge in [0.05, 0.1) is 11.3 Å². The van der Waals surface area contributed by atoms with Crippen LogP contribution in [0.25, 0.3) is 0 Å². The Morgan fingerprint density at radius 2 is 1.73 bits per heavy atom. The molecule has 0 radical (unpaired) electrons. The zero-order chi connectivity index (χ0) is 16.3. The topological polar surface area (TPSA) is 89.3 Å². The van der Waals surface area contributed by atoms with Gasteiger partial charge in [-0.2, -0.15) is 0 Å². The molecule has 0 bridgehead atoms. The molecule has 0 unspecified atom stereocenters. The molecule has 116 valence electrons. The SMILES string of the molecule is NS(=O)(=O)Cc1ccc(NC(=O)c2ccc(F)cc2F)cc1. The second-order valence-corrected chi connectivity index (χ2v) is 6.20. The van der Waals surface area contributed by atoms with E-state index in [-0.39, 0.29) is 11.3 Å². The van der Waals surface area contributed by atoms with Crippen LogP contribution in [0.5, 0.6) is 0 Å². The highest BCUT2D eigenvalue weighted by molar-refractivity contribution is 7.88. The van der Waals surface area contributed by atoms with Gasteiger partial charge in [-0.15, -0.1) is 0 Å². The number of nitrogens with two attached hydrogens (primary N) is 1. The zero-order valence-corrected chi connectivity index (χ0v) is 12.0. The maximum atomic E-state index is 13.5. The predicted octanol–water partition coefficient (Wildman–Crippen LogP) is 2.01. The first-order valence-electron chi connectivity index (χ1n) is 6.10. The first-order chi connectivity index (χ1) is 10.2. The first-order valence-corrected chi connectivity index (χ1v) is 7.82. The molecule has 0 saturated carbocycles. The number of anilines is 1. The van der Waals surface area contributed by atoms with Gasteiger partial charge in [-0.25, -0.2) is 22.3 Å². The molecule has 0 heterocycles. The summed E-state index contributed by atoms with van der Waals surface area (Å²) in [6.45, 7) is 0. The van der Waals surface area contributed by atoms with E-state index in [9.17, 15) is 22.0 Å². The van der Waals surface area contributed by atoms with Crippen molar-refractivity contribution in [2.75, 3.05) is 5.32 Å². The number of benzene rings is 2. The van der Waals surface area contributed by atoms with Gasteiger partial charge in [0.15, 0.2) is 0 Å². The van der Waals surface area contributed by atoms with E-state index in [1.165, 1.54) is 24.3 Å². The molecule has 0 aliphatic carbocycles. The Labute approximate surface area is 125 Å². The summed E-state index contributed by atoms with van der Waals surface area (Å²) >= 11 is 0. The van der Waals surface area contributed by atoms with Crippen LogP contribution in [0.2, 0.25) is 0 Å². The molecule has 2 aromatic carbocycles. The van der Waals surface area contributed by atoms with Crippen LogP contribution in [0.1, 0.15) is 15.9 Å². The van der Waals surface area contributed by atoms with Gasteiger partial charge < -0.3 is 5.32 Å². The Bertz CT molecular complexity index is 805. The molecule has 0 spiro atoms. The molecule has 0 aliphatic heterocycles. The van der Waals surface area contributed by atoms with Gasteiger partial charge in [0, 0.05) is 11.8 Å². The fourth-order valence-electron chi connectivity index (χ4n) is 1.79. The molecule has 22 heavy (non-hydrogen) atoms. The number of rotatable bonds is 4. The lowest BCUT2D eigenvalue weighted by Gasteiger charge is -2.07. The van der Waals surface area contributed by atoms with Crippen LogP contribution in [0, 0.1) is 11.6 Å². The van der Waals surface area contributed by atoms with Crippen molar-refractivity contribution in [1.29, 1.82) is 0 Å². The third-order valence-corrected chi connectivity index (χ3v) is 3.49. The van der Waals surface area contributed by atoms with Crippen LogP contribution in [0.15, 0.2) is 42.5 Å². The Kier molecular flexibility index (Phi) is 4.53. The molecule has 0 atom stereocenters. The second kappa shape index (κ2) is 6.20. The lowest BCUT2D eigenvalue weighted by atomic mass is 10.1. The molecule has 2 rings (SSSR count). The van der Waals surface area contributed by atoms with Crippen molar-refractivity contribution in [3.8, 4) is 0 Å². The number of nitrogens with one attached hydrogen (secondary N) is 1. The largest absolute Gasteiger partial charge is 0.322 e. The summed E-state index contributed by atoms with van der Waals surface area (Å²) in [4.78, 5) is 11.9. The normalized spacial score (nSPS) is 11.2. The fraction of sp³-hybridized carbons (Fsp3) is 0.0714. The van der Waals surface area contributed by atoms with Gasteiger partial charge in [0.25, 0.3) is 5.91 Å². The average Bonchev–Trinajstić information content (AvgIpc) is 2.39. The van der Waals surface area contributed by atoms with Crippen molar-refractivity contribution in [2.45, 2.75) is 5.75 Å². The molecule has 0 aromatic heterocycles. The Morgan fingerprint density at radius 1 is 1.09 bits per heavy atom. The van der Waals surface area contributed by atoms with Gasteiger partial charge in [-0.1, -0.05) is 12.1 Å². The van der Waals surface area contributed by atoms with Crippen LogP contribution in [-0.4, -0.2) is 14.3 Å². The molecular weight excluding hydrogens is 314 g/mol. The maximum absolute atomic E-state index is 13.5. The van der Waals surface area contributed by atoms with Crippen molar-refractivity contribution in [2.24, 2.45) is 5.14 Å². The number of halogens is 2. The van der Waals surface area contributed by atoms with Crippen molar-refractivity contribution in [1.82, 2.24) is 0 Å². The van der Waals surface area contributed by atoms with E-state index in [1.807, 2.05) is 0 Å². The van der Waals surface area contributed by atoms with E-state index in [4.69, 9.17) is 5.14 Å². The van der Waals surface area contributed by atoms with E-state index >= 15 is 0 Å². The van der Waals surface area contributed by atoms with E-state index < -0.39 is 27.6 Å². The fourth-order valence-corrected chi connectivity index (χ4v) is 2.45. The number of sulfonamides is 1. The number of hydrogen-bond donors (Lipinski definition) is 2. The number of carbonyl (C=O) groups is 1. The van der Waals surface area contributed by atoms with Crippen molar-refractivity contribution in [3.05, 3.63) is 65.2 Å². The summed E-state index contributed by atoms with van der Waals surface area (Å²) in [5, 5.41) is 7.35. The number of primary sulfonamides is 1. The zero-order valence-electron chi connectivity index (χ0n) is 11.2. The van der Waals surface area contributed by atoms with Gasteiger partial charge in [-0.05, 0) is 29.8 Å². The third-order valence-electron chi connectivity index (χ3n) is 2.76. The van der Waals surface area contributed by atoms with Crippen molar-refractivity contribution in [3.63, 3.8) is 0 Å². The van der Waals surface area contributed by atoms with Gasteiger partial charge in [-0.3, -0.25) is 4.79 Å². The molecule has 5 nitrogen and oxygen atoms in total. The summed E-state index contributed by atoms with van der Waals surface area (Å²) in [5.41, 5.74) is 0.496. The molecule has 2 aromatic rings. The van der Waals surface area contributed by atoms with Crippen LogP contribution in [-0.2, 0) is 15.8 Å². The standard InChI is InChI=1S/C14H12F2N2O3S/c15-10-3-6-12(13(16)7-10)14(19)18-11-4-1-9(2-5-11)8-22(17,20)21/h1-7H,8H2,(H,18,19)(H2,17,20,21). The minimum Gasteiger partial charge on any atom is -0.322 e. The Morgan fingerprint density at radius 3 is 2.27 bits per heavy atom. The van der Waals surface area contributed by atoms with Crippen LogP contribution in [0.4, 0.5) is 14.5 Å². The minimum absolute atomic E-state index is 0.296. The summed E-state index contributed by atoms with van der Waals surface area (Å²) in [5.74, 6) is -2.81. The first kappa shape index (κ1) is 16.1. The molecule has 0 fully saturated rings. The van der Waals surface area contributed by atoms with E-state index in [0.29, 0.717) is 17.3 Å². The van der Waals surface area contributed by atoms with Crippen LogP contribution < -0.4 is 10.5 Å². The average molecular weight is 326 g/mol. The summed E-state index contributed by atoms with van der Waals surface area (Å²) in [6, 6.07) is 8.49. The van der Waals surface area contributed by atoms with Crippen molar-refractivity contribution >= 4 is 21.6 Å². The second-order valence-electron chi connectivity index (χ2n) is 4.58. The maximum Gasteiger partial charge on any atom is 0.258 e. The predicted molar refractivity (Wildman–Crippen MR) is 77.6 cm³/mol. The molecular formula is C14H12F2N2O3S. The van der Waals surface area contributed by atoms with Gasteiger partial charge in [0.2, 0.25) is 10.0 Å². The van der Waals surface area contributed by atoms with Crippen molar-refractivity contribution < 1.29 is 22.0 Å². The number of amides is 1. The van der Waals surface area contributed by atoms with E-state index in [1.54, 1.807) is 0 Å². The number of carbonyl (C=O) groups excluding carboxylic acids is 1. The summed E-state index contributed by atoms with van der Waals surface area (Å²) in [7, 11) is -3.64. The number of hydrogen-bond acceptors (Lipinski definition) is 3. The highest BCUT2D eigenvalue weighted by atomic mass is 32.2. The molecule has 8 heteroatoms. The van der Waals surface area contributed by atoms with Crippen LogP contribution in [0.3, 0.4) is 0 Å². The molecule has 1 amide bonds. The van der Waals surface area contributed by atoms with E-state index in [2.05, 4.69) is 5.32 Å². The van der Waals surface area contributed by atoms with Crippen LogP contribution >= 0.6 is 0 Å². The molecule has 0 aliphatic rings. The quantitative estimate of drug-likeness (QED) is 0.900. The van der Waals surface area contributed by atoms with E-state index in [0.717, 1.165) is 12.1 Å². The Balaban J connectivity index is 2.12. The third kappa shape index (κ3) is 4.34. The summed E-state index contributed by atoms with van der Waals surface area (Å²) in [6.07, 6.45) is 0. The smallest absolute Gasteiger partial charge is 0.258 e. The summed E-state index contributed by atoms with van der Waals surface area (Å²) < 4.78 is 48.2. The Hall–Kier alpha value is -2.32. The monoisotopic (exact) mass is 326 g/mol. The molecule has 0 saturated heterocycles. The van der Waals surface area contributed by atoms with Gasteiger partial charge >= 0.3 is 0 Å². The highest BCUT2D eigenvalue weighted by Crippen LogP contribution is 2.15. The lowest BCUT2D eigenvalue weighted by molar-refractivity contribution is 0.102. The lowest BCUT2D eigenvalue weighted by Crippen LogP contribution is -2.15. The molecule has 3 N–H and O–H groups in total.